The number of nitrogens with zero attached hydrogens (tertiary/aromatic N) is 1. The van der Waals surface area contributed by atoms with Crippen LogP contribution in [0, 0.1) is 0 Å². The molecular formula is C16H24N2O. The molecule has 19 heavy (non-hydrogen) atoms. The summed E-state index contributed by atoms with van der Waals surface area (Å²) in [6, 6.07) is 9.10. The quantitative estimate of drug-likeness (QED) is 0.690. The van der Waals surface area contributed by atoms with Crippen LogP contribution in [-0.4, -0.2) is 37.7 Å². The molecule has 1 saturated carbocycles. The molecule has 0 saturated heterocycles. The summed E-state index contributed by atoms with van der Waals surface area (Å²) in [5, 5.41) is 3.52. The van der Waals surface area contributed by atoms with Crippen molar-refractivity contribution in [3.63, 3.8) is 0 Å². The summed E-state index contributed by atoms with van der Waals surface area (Å²) >= 11 is 0. The molecule has 1 aromatic carbocycles. The second-order valence-corrected chi connectivity index (χ2v) is 5.20. The topological polar surface area (TPSA) is 24.5 Å². The Morgan fingerprint density at radius 3 is 3.05 bits per heavy atom. The van der Waals surface area contributed by atoms with E-state index in [0.29, 0.717) is 6.61 Å². The van der Waals surface area contributed by atoms with Crippen molar-refractivity contribution in [2.24, 2.45) is 0 Å². The van der Waals surface area contributed by atoms with Crippen LogP contribution in [0.25, 0.3) is 0 Å². The predicted molar refractivity (Wildman–Crippen MR) is 79.5 cm³/mol. The molecule has 0 atom stereocenters. The third-order valence-electron chi connectivity index (χ3n) is 3.25. The zero-order valence-electron chi connectivity index (χ0n) is 11.8. The minimum Gasteiger partial charge on any atom is -0.492 e. The fraction of sp³-hybridized carbons (Fsp3) is 0.500. The molecule has 1 aliphatic carbocycles. The van der Waals surface area contributed by atoms with E-state index >= 15 is 0 Å². The Labute approximate surface area is 116 Å². The second-order valence-electron chi connectivity index (χ2n) is 5.20. The first-order valence-corrected chi connectivity index (χ1v) is 7.02. The number of benzene rings is 1. The van der Waals surface area contributed by atoms with E-state index in [1.807, 2.05) is 12.1 Å². The Hall–Kier alpha value is -1.32. The summed E-state index contributed by atoms with van der Waals surface area (Å²) in [5.41, 5.74) is 1.30. The zero-order chi connectivity index (χ0) is 13.5. The lowest BCUT2D eigenvalue weighted by Crippen LogP contribution is -2.24. The summed E-state index contributed by atoms with van der Waals surface area (Å²) in [6.07, 6.45) is 4.56. The molecule has 1 aliphatic rings. The first-order chi connectivity index (χ1) is 9.28. The zero-order valence-corrected chi connectivity index (χ0v) is 11.8. The van der Waals surface area contributed by atoms with E-state index in [0.717, 1.165) is 31.4 Å². The first-order valence-electron chi connectivity index (χ1n) is 7.02. The van der Waals surface area contributed by atoms with Crippen LogP contribution >= 0.6 is 0 Å². The Morgan fingerprint density at radius 2 is 2.32 bits per heavy atom. The molecule has 2 rings (SSSR count). The van der Waals surface area contributed by atoms with E-state index < -0.39 is 0 Å². The van der Waals surface area contributed by atoms with E-state index in [1.165, 1.54) is 18.4 Å². The highest BCUT2D eigenvalue weighted by atomic mass is 16.5. The van der Waals surface area contributed by atoms with Crippen LogP contribution in [0.4, 0.5) is 0 Å². The first kappa shape index (κ1) is 14.1. The van der Waals surface area contributed by atoms with Crippen LogP contribution in [0.3, 0.4) is 0 Å². The number of hydrogen-bond acceptors (Lipinski definition) is 3. The van der Waals surface area contributed by atoms with Gasteiger partial charge in [-0.2, -0.15) is 0 Å². The molecule has 0 unspecified atom stereocenters. The standard InChI is InChI=1S/C16H24N2O/c1-3-9-18(2)10-11-19-16-6-4-5-14(12-16)13-17-15-7-8-15/h3-6,12,15,17H,1,7-11,13H2,2H3. The van der Waals surface area contributed by atoms with Gasteiger partial charge in [0, 0.05) is 25.7 Å². The lowest BCUT2D eigenvalue weighted by Gasteiger charge is -2.15. The van der Waals surface area contributed by atoms with E-state index in [-0.39, 0.29) is 0 Å². The van der Waals surface area contributed by atoms with Crippen LogP contribution in [0.15, 0.2) is 36.9 Å². The van der Waals surface area contributed by atoms with Crippen molar-refractivity contribution < 1.29 is 4.74 Å². The third-order valence-corrected chi connectivity index (χ3v) is 3.25. The molecule has 0 aliphatic heterocycles. The molecule has 0 aromatic heterocycles. The fourth-order valence-electron chi connectivity index (χ4n) is 1.93. The van der Waals surface area contributed by atoms with Gasteiger partial charge in [-0.25, -0.2) is 0 Å². The predicted octanol–water partition coefficient (Wildman–Crippen LogP) is 2.44. The maximum absolute atomic E-state index is 5.78. The Morgan fingerprint density at radius 1 is 1.47 bits per heavy atom. The van der Waals surface area contributed by atoms with Crippen molar-refractivity contribution in [2.75, 3.05) is 26.7 Å². The van der Waals surface area contributed by atoms with Gasteiger partial charge in [0.15, 0.2) is 0 Å². The van der Waals surface area contributed by atoms with E-state index in [9.17, 15) is 0 Å². The Kier molecular flexibility index (Phi) is 5.43. The normalized spacial score (nSPS) is 14.6. The van der Waals surface area contributed by atoms with Gasteiger partial charge in [0.1, 0.15) is 12.4 Å². The van der Waals surface area contributed by atoms with Gasteiger partial charge in [-0.1, -0.05) is 18.2 Å². The molecule has 0 radical (unpaired) electrons. The van der Waals surface area contributed by atoms with Crippen molar-refractivity contribution in [1.82, 2.24) is 10.2 Å². The van der Waals surface area contributed by atoms with E-state index in [2.05, 4.69) is 42.0 Å². The Bertz CT molecular complexity index is 401. The van der Waals surface area contributed by atoms with Crippen LogP contribution in [0.5, 0.6) is 5.75 Å². The van der Waals surface area contributed by atoms with Gasteiger partial charge in [-0.15, -0.1) is 6.58 Å². The highest BCUT2D eigenvalue weighted by Gasteiger charge is 2.19. The summed E-state index contributed by atoms with van der Waals surface area (Å²) in [6.45, 7) is 7.19. The van der Waals surface area contributed by atoms with E-state index in [1.54, 1.807) is 0 Å². The second kappa shape index (κ2) is 7.31. The minimum atomic E-state index is 0.712. The molecule has 0 amide bonds. The maximum Gasteiger partial charge on any atom is 0.119 e. The lowest BCUT2D eigenvalue weighted by molar-refractivity contribution is 0.249. The van der Waals surface area contributed by atoms with Crippen molar-refractivity contribution >= 4 is 0 Å². The largest absolute Gasteiger partial charge is 0.492 e. The summed E-state index contributed by atoms with van der Waals surface area (Å²) in [7, 11) is 2.07. The van der Waals surface area contributed by atoms with Gasteiger partial charge in [-0.05, 0) is 37.6 Å². The Balaban J connectivity index is 1.72. The van der Waals surface area contributed by atoms with E-state index in [4.69, 9.17) is 4.74 Å². The summed E-state index contributed by atoms with van der Waals surface area (Å²) in [5.74, 6) is 0.960. The van der Waals surface area contributed by atoms with Crippen molar-refractivity contribution in [2.45, 2.75) is 25.4 Å². The number of rotatable bonds is 9. The van der Waals surface area contributed by atoms with Crippen LogP contribution in [-0.2, 0) is 6.54 Å². The average Bonchev–Trinajstić information content (AvgIpc) is 3.21. The van der Waals surface area contributed by atoms with Crippen LogP contribution < -0.4 is 10.1 Å². The SMILES string of the molecule is C=CCN(C)CCOc1cccc(CNC2CC2)c1. The smallest absolute Gasteiger partial charge is 0.119 e. The highest BCUT2D eigenvalue weighted by molar-refractivity contribution is 5.28. The average molecular weight is 260 g/mol. The van der Waals surface area contributed by atoms with Gasteiger partial charge in [-0.3, -0.25) is 4.90 Å². The fourth-order valence-corrected chi connectivity index (χ4v) is 1.93. The molecule has 1 fully saturated rings. The van der Waals surface area contributed by atoms with Gasteiger partial charge in [0.05, 0.1) is 0 Å². The molecule has 1 N–H and O–H groups in total. The number of hydrogen-bond donors (Lipinski definition) is 1. The van der Waals surface area contributed by atoms with Gasteiger partial charge < -0.3 is 10.1 Å². The minimum absolute atomic E-state index is 0.712. The molecule has 0 bridgehead atoms. The van der Waals surface area contributed by atoms with Crippen molar-refractivity contribution in [3.05, 3.63) is 42.5 Å². The number of ether oxygens (including phenoxy) is 1. The van der Waals surface area contributed by atoms with Crippen LogP contribution in [0.1, 0.15) is 18.4 Å². The summed E-state index contributed by atoms with van der Waals surface area (Å²) < 4.78 is 5.78. The molecular weight excluding hydrogens is 236 g/mol. The molecule has 1 aromatic rings. The van der Waals surface area contributed by atoms with Gasteiger partial charge in [0.2, 0.25) is 0 Å². The van der Waals surface area contributed by atoms with Gasteiger partial charge in [0.25, 0.3) is 0 Å². The van der Waals surface area contributed by atoms with Crippen molar-refractivity contribution in [1.29, 1.82) is 0 Å². The lowest BCUT2D eigenvalue weighted by atomic mass is 10.2. The highest BCUT2D eigenvalue weighted by Crippen LogP contribution is 2.20. The number of likely N-dealkylation sites (N-methyl/N-ethyl adjacent to an activating group) is 1. The van der Waals surface area contributed by atoms with Gasteiger partial charge >= 0.3 is 0 Å². The maximum atomic E-state index is 5.78. The van der Waals surface area contributed by atoms with Crippen LogP contribution in [0.2, 0.25) is 0 Å². The molecule has 0 spiro atoms. The third kappa shape index (κ3) is 5.45. The van der Waals surface area contributed by atoms with Crippen molar-refractivity contribution in [3.8, 4) is 5.75 Å². The monoisotopic (exact) mass is 260 g/mol. The number of nitrogens with one attached hydrogen (secondary N) is 1. The molecule has 0 heterocycles. The summed E-state index contributed by atoms with van der Waals surface area (Å²) in [4.78, 5) is 2.19. The molecule has 104 valence electrons. The molecule has 3 heteroatoms. The molecule has 3 nitrogen and oxygen atoms in total.